The van der Waals surface area contributed by atoms with E-state index < -0.39 is 10.0 Å². The van der Waals surface area contributed by atoms with Gasteiger partial charge in [0.2, 0.25) is 10.0 Å². The van der Waals surface area contributed by atoms with Crippen molar-refractivity contribution in [1.82, 2.24) is 9.62 Å². The van der Waals surface area contributed by atoms with Crippen LogP contribution < -0.4 is 11.1 Å². The van der Waals surface area contributed by atoms with Gasteiger partial charge in [-0.1, -0.05) is 6.42 Å². The van der Waals surface area contributed by atoms with Gasteiger partial charge in [0.05, 0.1) is 0 Å². The topological polar surface area (TPSA) is 106 Å². The summed E-state index contributed by atoms with van der Waals surface area (Å²) < 4.78 is 32.6. The molecule has 2 unspecified atom stereocenters. The number of fused-ring (bicyclic) bond motifs is 2. The second-order valence-electron chi connectivity index (χ2n) is 8.32. The lowest BCUT2D eigenvalue weighted by atomic mass is 9.67. The molecule has 2 atom stereocenters. The fourth-order valence-electron chi connectivity index (χ4n) is 5.15. The minimum Gasteiger partial charge on any atom is -0.455 e. The number of carbonyl (C=O) groups is 1. The van der Waals surface area contributed by atoms with Crippen LogP contribution in [0.3, 0.4) is 0 Å². The van der Waals surface area contributed by atoms with Gasteiger partial charge in [0.15, 0.2) is 5.76 Å². The number of nitrogens with zero attached hydrogens (tertiary/aromatic N) is 1. The molecule has 1 amide bonds. The lowest BCUT2D eigenvalue weighted by Gasteiger charge is -2.45. The van der Waals surface area contributed by atoms with E-state index in [2.05, 4.69) is 5.32 Å². The van der Waals surface area contributed by atoms with Crippen LogP contribution in [0.5, 0.6) is 0 Å². The molecule has 4 rings (SSSR count). The quantitative estimate of drug-likeness (QED) is 0.811. The molecule has 2 saturated carbocycles. The van der Waals surface area contributed by atoms with E-state index in [9.17, 15) is 13.2 Å². The zero-order chi connectivity index (χ0) is 19.2. The fraction of sp³-hybridized carbons (Fsp3) is 0.737. The number of rotatable bonds is 4. The first-order chi connectivity index (χ1) is 12.9. The number of amides is 1. The SMILES string of the molecule is Cc1oc(C(=O)NC2C3CCCC2CC(N)C3)cc1S(=O)(=O)N1CCCC1. The van der Waals surface area contributed by atoms with Gasteiger partial charge in [-0.05, 0) is 57.3 Å². The summed E-state index contributed by atoms with van der Waals surface area (Å²) in [6, 6.07) is 1.72. The molecule has 7 nitrogen and oxygen atoms in total. The first-order valence-corrected chi connectivity index (χ1v) is 11.5. The number of sulfonamides is 1. The van der Waals surface area contributed by atoms with Crippen LogP contribution in [0, 0.1) is 18.8 Å². The standard InChI is InChI=1S/C19H29N3O4S/c1-12-17(27(24,25)22-7-2-3-8-22)11-16(26-12)19(23)21-18-13-5-4-6-14(18)10-15(20)9-13/h11,13-15,18H,2-10,20H2,1H3,(H,21,23). The van der Waals surface area contributed by atoms with Crippen LogP contribution in [0.2, 0.25) is 0 Å². The molecule has 0 spiro atoms. The molecule has 3 fully saturated rings. The van der Waals surface area contributed by atoms with Crippen LogP contribution in [0.25, 0.3) is 0 Å². The molecule has 1 aliphatic heterocycles. The van der Waals surface area contributed by atoms with E-state index in [0.717, 1.165) is 38.5 Å². The Bertz CT molecular complexity index is 799. The third-order valence-electron chi connectivity index (χ3n) is 6.45. The number of aryl methyl sites for hydroxylation is 1. The Kier molecular flexibility index (Phi) is 5.07. The highest BCUT2D eigenvalue weighted by Gasteiger charge is 2.40. The first kappa shape index (κ1) is 19.0. The van der Waals surface area contributed by atoms with Crippen LogP contribution >= 0.6 is 0 Å². The molecular formula is C19H29N3O4S. The van der Waals surface area contributed by atoms with Crippen LogP contribution in [-0.2, 0) is 10.0 Å². The molecule has 0 radical (unpaired) electrons. The van der Waals surface area contributed by atoms with E-state index in [-0.39, 0.29) is 34.4 Å². The second-order valence-corrected chi connectivity index (χ2v) is 10.2. The minimum absolute atomic E-state index is 0.0817. The van der Waals surface area contributed by atoms with Crippen molar-refractivity contribution in [1.29, 1.82) is 0 Å². The van der Waals surface area contributed by atoms with Crippen molar-refractivity contribution in [3.63, 3.8) is 0 Å². The van der Waals surface area contributed by atoms with Gasteiger partial charge in [-0.3, -0.25) is 4.79 Å². The van der Waals surface area contributed by atoms with E-state index in [1.165, 1.54) is 16.8 Å². The highest BCUT2D eigenvalue weighted by molar-refractivity contribution is 7.89. The molecule has 1 aromatic rings. The van der Waals surface area contributed by atoms with Gasteiger partial charge in [-0.15, -0.1) is 0 Å². The molecule has 2 aliphatic carbocycles. The number of furan rings is 1. The van der Waals surface area contributed by atoms with Crippen LogP contribution in [0.4, 0.5) is 0 Å². The van der Waals surface area contributed by atoms with Crippen LogP contribution in [-0.4, -0.2) is 43.8 Å². The molecule has 27 heavy (non-hydrogen) atoms. The third-order valence-corrected chi connectivity index (χ3v) is 8.46. The number of hydrogen-bond donors (Lipinski definition) is 2. The smallest absolute Gasteiger partial charge is 0.287 e. The second kappa shape index (κ2) is 7.22. The summed E-state index contributed by atoms with van der Waals surface area (Å²) in [5, 5.41) is 3.12. The summed E-state index contributed by atoms with van der Waals surface area (Å²) in [4.78, 5) is 12.9. The van der Waals surface area contributed by atoms with Crippen molar-refractivity contribution in [3.05, 3.63) is 17.6 Å². The maximum absolute atomic E-state index is 12.8. The van der Waals surface area contributed by atoms with E-state index in [1.807, 2.05) is 0 Å². The van der Waals surface area contributed by atoms with Crippen molar-refractivity contribution in [2.24, 2.45) is 17.6 Å². The highest BCUT2D eigenvalue weighted by Crippen LogP contribution is 2.40. The molecule has 0 aromatic carbocycles. The molecule has 150 valence electrons. The van der Waals surface area contributed by atoms with Crippen LogP contribution in [0.15, 0.2) is 15.4 Å². The predicted octanol–water partition coefficient (Wildman–Crippen LogP) is 2.01. The minimum atomic E-state index is -3.59. The summed E-state index contributed by atoms with van der Waals surface area (Å²) in [6.45, 7) is 2.66. The fourth-order valence-corrected chi connectivity index (χ4v) is 6.83. The average molecular weight is 396 g/mol. The molecule has 1 saturated heterocycles. The largest absolute Gasteiger partial charge is 0.455 e. The van der Waals surface area contributed by atoms with Gasteiger partial charge in [0, 0.05) is 31.2 Å². The Balaban J connectivity index is 1.52. The van der Waals surface area contributed by atoms with Crippen molar-refractivity contribution in [2.45, 2.75) is 68.8 Å². The average Bonchev–Trinajstić information content (AvgIpc) is 3.25. The summed E-state index contributed by atoms with van der Waals surface area (Å²) in [7, 11) is -3.59. The molecule has 2 bridgehead atoms. The van der Waals surface area contributed by atoms with Crippen molar-refractivity contribution in [2.75, 3.05) is 13.1 Å². The zero-order valence-electron chi connectivity index (χ0n) is 15.8. The maximum Gasteiger partial charge on any atom is 0.287 e. The van der Waals surface area contributed by atoms with Gasteiger partial charge >= 0.3 is 0 Å². The van der Waals surface area contributed by atoms with Crippen molar-refractivity contribution in [3.8, 4) is 0 Å². The Labute approximate surface area is 160 Å². The third kappa shape index (κ3) is 3.54. The van der Waals surface area contributed by atoms with Gasteiger partial charge in [0.25, 0.3) is 5.91 Å². The lowest BCUT2D eigenvalue weighted by molar-refractivity contribution is 0.0731. The van der Waals surface area contributed by atoms with E-state index in [1.54, 1.807) is 6.92 Å². The molecule has 3 N–H and O–H groups in total. The van der Waals surface area contributed by atoms with E-state index >= 15 is 0 Å². The van der Waals surface area contributed by atoms with Crippen LogP contribution in [0.1, 0.15) is 61.3 Å². The number of nitrogens with two attached hydrogens (primary N) is 1. The Morgan fingerprint density at radius 1 is 1.19 bits per heavy atom. The molecule has 8 heteroatoms. The summed E-state index contributed by atoms with van der Waals surface area (Å²) in [5.74, 6) is 0.843. The van der Waals surface area contributed by atoms with E-state index in [4.69, 9.17) is 10.2 Å². The summed E-state index contributed by atoms with van der Waals surface area (Å²) in [5.41, 5.74) is 6.16. The van der Waals surface area contributed by atoms with E-state index in [0.29, 0.717) is 24.9 Å². The Morgan fingerprint density at radius 2 is 1.81 bits per heavy atom. The first-order valence-electron chi connectivity index (χ1n) is 10.0. The molecule has 1 aromatic heterocycles. The van der Waals surface area contributed by atoms with Gasteiger partial charge in [-0.25, -0.2) is 8.42 Å². The normalized spacial score (nSPS) is 31.8. The van der Waals surface area contributed by atoms with Gasteiger partial charge < -0.3 is 15.5 Å². The predicted molar refractivity (Wildman–Crippen MR) is 101 cm³/mol. The number of nitrogens with one attached hydrogen (secondary N) is 1. The molecule has 3 aliphatic rings. The number of carbonyl (C=O) groups excluding carboxylic acids is 1. The number of hydrogen-bond acceptors (Lipinski definition) is 5. The highest BCUT2D eigenvalue weighted by atomic mass is 32.2. The Hall–Kier alpha value is -1.38. The van der Waals surface area contributed by atoms with Crippen molar-refractivity contribution < 1.29 is 17.6 Å². The molecular weight excluding hydrogens is 366 g/mol. The van der Waals surface area contributed by atoms with Gasteiger partial charge in [0.1, 0.15) is 10.7 Å². The summed E-state index contributed by atoms with van der Waals surface area (Å²) >= 11 is 0. The summed E-state index contributed by atoms with van der Waals surface area (Å²) in [6.07, 6.45) is 6.97. The lowest BCUT2D eigenvalue weighted by Crippen LogP contribution is -2.53. The molecule has 2 heterocycles. The van der Waals surface area contributed by atoms with Gasteiger partial charge in [-0.2, -0.15) is 4.31 Å². The Morgan fingerprint density at radius 3 is 2.44 bits per heavy atom. The zero-order valence-corrected chi connectivity index (χ0v) is 16.6. The maximum atomic E-state index is 12.8. The monoisotopic (exact) mass is 395 g/mol. The van der Waals surface area contributed by atoms with Crippen molar-refractivity contribution >= 4 is 15.9 Å².